The molecule has 1 aliphatic heterocycles. The van der Waals surface area contributed by atoms with Crippen LogP contribution in [0.4, 0.5) is 10.2 Å². The molecule has 0 radical (unpaired) electrons. The normalized spacial score (nSPS) is 15.7. The lowest BCUT2D eigenvalue weighted by Crippen LogP contribution is -2.54. The molecule has 4 heterocycles. The fourth-order valence-electron chi connectivity index (χ4n) is 5.37. The zero-order chi connectivity index (χ0) is 31.2. The van der Waals surface area contributed by atoms with Crippen LogP contribution in [0.25, 0.3) is 28.0 Å². The molecule has 1 amide bonds. The molecule has 0 spiro atoms. The van der Waals surface area contributed by atoms with E-state index in [9.17, 15) is 22.4 Å². The Morgan fingerprint density at radius 3 is 2.53 bits per heavy atom. The number of aromatic nitrogens is 4. The molecule has 0 N–H and O–H groups in total. The summed E-state index contributed by atoms with van der Waals surface area (Å²) in [4.78, 5) is 43.3. The molecule has 43 heavy (non-hydrogen) atoms. The predicted octanol–water partition coefficient (Wildman–Crippen LogP) is 4.39. The average Bonchev–Trinajstić information content (AvgIpc) is 2.96. The van der Waals surface area contributed by atoms with Crippen LogP contribution in [0.15, 0.2) is 64.9 Å². The maximum atomic E-state index is 15.0. The molecule has 1 aromatic carbocycles. The van der Waals surface area contributed by atoms with Crippen molar-refractivity contribution in [3.05, 3.63) is 82.3 Å². The highest BCUT2D eigenvalue weighted by Crippen LogP contribution is 2.36. The molecule has 10 nitrogen and oxygen atoms in total. The summed E-state index contributed by atoms with van der Waals surface area (Å²) in [5.74, 6) is -0.797. The third-order valence-corrected chi connectivity index (χ3v) is 8.82. The first-order valence-electron chi connectivity index (χ1n) is 13.6. The van der Waals surface area contributed by atoms with Gasteiger partial charge in [0.2, 0.25) is 5.91 Å². The number of benzene rings is 1. The standard InChI is InChI=1S/C30H30ClFN6O4S/c1-6-24(39)36-13-14-37(18(4)16-36)28-20-15-21(31)26(19-9-7-8-10-22(19)32)34-29(20)38(30(40)35-28)27-23(43(5,41)42)11-12-33-25(27)17(2)3/h6-12,15,17-18H,1,13-14,16H2,2-5H3/t18-/m0/s1. The number of rotatable bonds is 6. The molecule has 5 rings (SSSR count). The molecule has 3 aromatic heterocycles. The highest BCUT2D eigenvalue weighted by Gasteiger charge is 2.31. The van der Waals surface area contributed by atoms with E-state index in [4.69, 9.17) is 16.6 Å². The maximum Gasteiger partial charge on any atom is 0.355 e. The summed E-state index contributed by atoms with van der Waals surface area (Å²) in [7, 11) is -3.85. The summed E-state index contributed by atoms with van der Waals surface area (Å²) >= 11 is 6.73. The van der Waals surface area contributed by atoms with Crippen LogP contribution in [-0.2, 0) is 14.6 Å². The summed E-state index contributed by atoms with van der Waals surface area (Å²) in [5.41, 5.74) is -0.214. The van der Waals surface area contributed by atoms with E-state index < -0.39 is 21.3 Å². The quantitative estimate of drug-likeness (QED) is 0.290. The molecule has 0 bridgehead atoms. The van der Waals surface area contributed by atoms with Crippen molar-refractivity contribution < 1.29 is 17.6 Å². The predicted molar refractivity (Wildman–Crippen MR) is 164 cm³/mol. The van der Waals surface area contributed by atoms with Crippen molar-refractivity contribution in [3.63, 3.8) is 0 Å². The number of halogens is 2. The summed E-state index contributed by atoms with van der Waals surface area (Å²) in [6, 6.07) is 8.59. The van der Waals surface area contributed by atoms with Crippen LogP contribution in [0.1, 0.15) is 32.4 Å². The zero-order valence-electron chi connectivity index (χ0n) is 24.1. The monoisotopic (exact) mass is 624 g/mol. The lowest BCUT2D eigenvalue weighted by atomic mass is 10.1. The SMILES string of the molecule is C=CC(=O)N1CCN(c2nc(=O)n(-c3c(S(C)(=O)=O)ccnc3C(C)C)c3nc(-c4ccccc4F)c(Cl)cc23)[C@@H](C)C1. The third-order valence-electron chi connectivity index (χ3n) is 7.40. The first-order chi connectivity index (χ1) is 20.3. The van der Waals surface area contributed by atoms with E-state index >= 15 is 0 Å². The van der Waals surface area contributed by atoms with Gasteiger partial charge in [0.25, 0.3) is 0 Å². The van der Waals surface area contributed by atoms with E-state index in [-0.39, 0.29) is 56.2 Å². The minimum Gasteiger partial charge on any atom is -0.350 e. The van der Waals surface area contributed by atoms with E-state index in [1.54, 1.807) is 17.0 Å². The molecular weight excluding hydrogens is 595 g/mol. The maximum absolute atomic E-state index is 15.0. The van der Waals surface area contributed by atoms with E-state index in [0.29, 0.717) is 30.7 Å². The molecular formula is C30H30ClFN6O4S. The molecule has 1 atom stereocenters. The second-order valence-electron chi connectivity index (χ2n) is 10.7. The van der Waals surface area contributed by atoms with Crippen LogP contribution < -0.4 is 10.6 Å². The first kappa shape index (κ1) is 30.3. The van der Waals surface area contributed by atoms with Crippen LogP contribution >= 0.6 is 11.6 Å². The Hall–Kier alpha value is -4.16. The molecule has 0 aliphatic carbocycles. The molecule has 1 aliphatic rings. The lowest BCUT2D eigenvalue weighted by molar-refractivity contribution is -0.126. The molecule has 1 fully saturated rings. The van der Waals surface area contributed by atoms with Crippen LogP contribution in [0.5, 0.6) is 0 Å². The van der Waals surface area contributed by atoms with Crippen LogP contribution in [-0.4, -0.2) is 70.7 Å². The van der Waals surface area contributed by atoms with E-state index in [2.05, 4.69) is 16.5 Å². The summed E-state index contributed by atoms with van der Waals surface area (Å²) in [5, 5.41) is 0.454. The van der Waals surface area contributed by atoms with Gasteiger partial charge in [-0.2, -0.15) is 4.98 Å². The van der Waals surface area contributed by atoms with Crippen LogP contribution in [0.2, 0.25) is 5.02 Å². The fourth-order valence-corrected chi connectivity index (χ4v) is 6.48. The van der Waals surface area contributed by atoms with E-state index in [1.165, 1.54) is 36.5 Å². The number of anilines is 1. The minimum absolute atomic E-state index is 0.0257. The van der Waals surface area contributed by atoms with Gasteiger partial charge in [-0.3, -0.25) is 9.78 Å². The highest BCUT2D eigenvalue weighted by atomic mass is 35.5. The summed E-state index contributed by atoms with van der Waals surface area (Å²) in [6.07, 6.45) is 3.68. The number of hydrogen-bond acceptors (Lipinski definition) is 8. The number of nitrogens with zero attached hydrogens (tertiary/aromatic N) is 6. The minimum atomic E-state index is -3.85. The summed E-state index contributed by atoms with van der Waals surface area (Å²) in [6.45, 7) is 10.2. The van der Waals surface area contributed by atoms with Gasteiger partial charge in [-0.25, -0.2) is 27.2 Å². The number of hydrogen-bond donors (Lipinski definition) is 0. The number of carbonyl (C=O) groups excluding carboxylic acids is 1. The molecule has 0 saturated carbocycles. The van der Waals surface area contributed by atoms with Crippen molar-refractivity contribution in [2.75, 3.05) is 30.8 Å². The molecule has 13 heteroatoms. The smallest absolute Gasteiger partial charge is 0.350 e. The largest absolute Gasteiger partial charge is 0.355 e. The van der Waals surface area contributed by atoms with Crippen molar-refractivity contribution in [3.8, 4) is 16.9 Å². The Morgan fingerprint density at radius 2 is 1.91 bits per heavy atom. The zero-order valence-corrected chi connectivity index (χ0v) is 25.7. The Balaban J connectivity index is 1.88. The average molecular weight is 625 g/mol. The summed E-state index contributed by atoms with van der Waals surface area (Å²) < 4.78 is 42.1. The second kappa shape index (κ2) is 11.5. The van der Waals surface area contributed by atoms with Gasteiger partial charge in [0, 0.05) is 43.7 Å². The van der Waals surface area contributed by atoms with Gasteiger partial charge in [-0.1, -0.05) is 44.2 Å². The van der Waals surface area contributed by atoms with Gasteiger partial charge >= 0.3 is 5.69 Å². The number of amides is 1. The van der Waals surface area contributed by atoms with Crippen molar-refractivity contribution in [1.29, 1.82) is 0 Å². The van der Waals surface area contributed by atoms with Crippen molar-refractivity contribution in [2.45, 2.75) is 37.6 Å². The number of piperazine rings is 1. The first-order valence-corrected chi connectivity index (χ1v) is 15.9. The van der Waals surface area contributed by atoms with Gasteiger partial charge in [0.15, 0.2) is 15.5 Å². The van der Waals surface area contributed by atoms with Gasteiger partial charge in [-0.15, -0.1) is 0 Å². The molecule has 0 unspecified atom stereocenters. The number of carbonyl (C=O) groups is 1. The lowest BCUT2D eigenvalue weighted by Gasteiger charge is -2.40. The number of fused-ring (bicyclic) bond motifs is 1. The van der Waals surface area contributed by atoms with Gasteiger partial charge in [0.1, 0.15) is 11.6 Å². The third kappa shape index (κ3) is 5.52. The number of sulfone groups is 1. The fraction of sp³-hybridized carbons (Fsp3) is 0.300. The van der Waals surface area contributed by atoms with Gasteiger partial charge in [0.05, 0.1) is 32.4 Å². The van der Waals surface area contributed by atoms with Gasteiger partial charge in [-0.05, 0) is 43.2 Å². The van der Waals surface area contributed by atoms with Crippen molar-refractivity contribution >= 4 is 44.2 Å². The Bertz CT molecular complexity index is 1950. The number of pyridine rings is 2. The van der Waals surface area contributed by atoms with Crippen molar-refractivity contribution in [1.82, 2.24) is 24.4 Å². The van der Waals surface area contributed by atoms with Crippen LogP contribution in [0, 0.1) is 5.82 Å². The van der Waals surface area contributed by atoms with Crippen LogP contribution in [0.3, 0.4) is 0 Å². The van der Waals surface area contributed by atoms with Gasteiger partial charge < -0.3 is 9.80 Å². The molecule has 224 valence electrons. The topological polar surface area (TPSA) is 118 Å². The van der Waals surface area contributed by atoms with Crippen molar-refractivity contribution in [2.24, 2.45) is 0 Å². The van der Waals surface area contributed by atoms with E-state index in [1.807, 2.05) is 25.7 Å². The Morgan fingerprint density at radius 1 is 1.19 bits per heavy atom. The Kier molecular flexibility index (Phi) is 8.10. The van der Waals surface area contributed by atoms with E-state index in [0.717, 1.165) is 10.8 Å². The highest BCUT2D eigenvalue weighted by molar-refractivity contribution is 7.90. The second-order valence-corrected chi connectivity index (χ2v) is 13.1. The molecule has 4 aromatic rings. The Labute approximate surface area is 253 Å². The molecule has 1 saturated heterocycles.